The number of phenolic OH excluding ortho intramolecular Hbond substituents is 2. The van der Waals surface area contributed by atoms with E-state index in [0.29, 0.717) is 21.2 Å². The van der Waals surface area contributed by atoms with E-state index in [1.54, 1.807) is 31.2 Å². The van der Waals surface area contributed by atoms with Gasteiger partial charge < -0.3 is 14.8 Å². The van der Waals surface area contributed by atoms with E-state index < -0.39 is 11.2 Å². The molecule has 0 saturated heterocycles. The lowest BCUT2D eigenvalue weighted by Gasteiger charge is -2.12. The van der Waals surface area contributed by atoms with Crippen LogP contribution in [0.4, 0.5) is 0 Å². The lowest BCUT2D eigenvalue weighted by Crippen LogP contribution is -2.01. The van der Waals surface area contributed by atoms with Crippen molar-refractivity contribution in [1.29, 1.82) is 0 Å². The molecule has 106 valence electrons. The SMILES string of the molecule is Cc1c(O)cc2cc([S+]([O-])c3ccccc3)ccc2c1O. The highest BCUT2D eigenvalue weighted by molar-refractivity contribution is 7.91. The van der Waals surface area contributed by atoms with E-state index in [1.807, 2.05) is 30.3 Å². The zero-order chi connectivity index (χ0) is 15.0. The van der Waals surface area contributed by atoms with Gasteiger partial charge in [0.25, 0.3) is 0 Å². The van der Waals surface area contributed by atoms with Gasteiger partial charge in [0.2, 0.25) is 0 Å². The van der Waals surface area contributed by atoms with Crippen LogP contribution in [-0.4, -0.2) is 14.8 Å². The van der Waals surface area contributed by atoms with Gasteiger partial charge in [0.1, 0.15) is 11.5 Å². The molecule has 0 aliphatic rings. The molecule has 2 N–H and O–H groups in total. The van der Waals surface area contributed by atoms with Gasteiger partial charge in [-0.1, -0.05) is 18.2 Å². The summed E-state index contributed by atoms with van der Waals surface area (Å²) in [6, 6.07) is 16.0. The van der Waals surface area contributed by atoms with E-state index >= 15 is 0 Å². The fourth-order valence-electron chi connectivity index (χ4n) is 2.25. The van der Waals surface area contributed by atoms with Gasteiger partial charge in [0.05, 0.1) is 0 Å². The van der Waals surface area contributed by atoms with Crippen molar-refractivity contribution in [3.05, 3.63) is 60.2 Å². The van der Waals surface area contributed by atoms with E-state index in [0.717, 1.165) is 4.90 Å². The number of rotatable bonds is 2. The van der Waals surface area contributed by atoms with Crippen LogP contribution in [0, 0.1) is 6.92 Å². The molecule has 0 aliphatic carbocycles. The van der Waals surface area contributed by atoms with Gasteiger partial charge in [-0.05, 0) is 42.6 Å². The summed E-state index contributed by atoms with van der Waals surface area (Å²) in [5.74, 6) is 0.0877. The minimum atomic E-state index is -1.28. The molecule has 0 saturated carbocycles. The summed E-state index contributed by atoms with van der Waals surface area (Å²) in [6.45, 7) is 1.65. The van der Waals surface area contributed by atoms with Crippen LogP contribution in [0.15, 0.2) is 64.4 Å². The van der Waals surface area contributed by atoms with Gasteiger partial charge in [0.15, 0.2) is 9.79 Å². The van der Waals surface area contributed by atoms with Crippen LogP contribution in [-0.2, 0) is 11.2 Å². The normalized spacial score (nSPS) is 12.5. The monoisotopic (exact) mass is 298 g/mol. The average Bonchev–Trinajstić information content (AvgIpc) is 2.52. The van der Waals surface area contributed by atoms with Gasteiger partial charge >= 0.3 is 0 Å². The van der Waals surface area contributed by atoms with Crippen LogP contribution in [0.25, 0.3) is 10.8 Å². The van der Waals surface area contributed by atoms with Crippen molar-refractivity contribution in [2.24, 2.45) is 0 Å². The zero-order valence-electron chi connectivity index (χ0n) is 11.4. The molecule has 0 amide bonds. The summed E-state index contributed by atoms with van der Waals surface area (Å²) < 4.78 is 12.5. The van der Waals surface area contributed by atoms with E-state index in [9.17, 15) is 14.8 Å². The third-order valence-corrected chi connectivity index (χ3v) is 4.86. The summed E-state index contributed by atoms with van der Waals surface area (Å²) in [7, 11) is 0. The Morgan fingerprint density at radius 1 is 0.905 bits per heavy atom. The number of hydrogen-bond acceptors (Lipinski definition) is 3. The molecule has 0 bridgehead atoms. The Balaban J connectivity index is 2.12. The Morgan fingerprint density at radius 2 is 1.62 bits per heavy atom. The molecule has 0 heterocycles. The minimum Gasteiger partial charge on any atom is -0.606 e. The van der Waals surface area contributed by atoms with Gasteiger partial charge in [0, 0.05) is 28.2 Å². The van der Waals surface area contributed by atoms with Gasteiger partial charge in [-0.15, -0.1) is 0 Å². The van der Waals surface area contributed by atoms with Crippen molar-refractivity contribution in [2.75, 3.05) is 0 Å². The lowest BCUT2D eigenvalue weighted by molar-refractivity contribution is 0.448. The number of fused-ring (bicyclic) bond motifs is 1. The number of aromatic hydroxyl groups is 2. The molecule has 1 unspecified atom stereocenters. The zero-order valence-corrected chi connectivity index (χ0v) is 12.2. The molecule has 0 spiro atoms. The highest BCUT2D eigenvalue weighted by Gasteiger charge is 2.16. The molecule has 3 nitrogen and oxygen atoms in total. The second-order valence-electron chi connectivity index (χ2n) is 4.83. The predicted molar refractivity (Wildman–Crippen MR) is 83.1 cm³/mol. The van der Waals surface area contributed by atoms with Crippen LogP contribution in [0.5, 0.6) is 11.5 Å². The Hall–Kier alpha value is -2.17. The lowest BCUT2D eigenvalue weighted by atomic mass is 10.1. The molecule has 0 aromatic heterocycles. The van der Waals surface area contributed by atoms with Crippen molar-refractivity contribution in [3.63, 3.8) is 0 Å². The molecular formula is C17H14O3S. The average molecular weight is 298 g/mol. The highest BCUT2D eigenvalue weighted by atomic mass is 32.2. The number of phenols is 2. The van der Waals surface area contributed by atoms with Gasteiger partial charge in [-0.2, -0.15) is 0 Å². The molecule has 0 aliphatic heterocycles. The molecule has 1 atom stereocenters. The summed E-state index contributed by atoms with van der Waals surface area (Å²) in [6.07, 6.45) is 0. The second-order valence-corrected chi connectivity index (χ2v) is 6.31. The molecular weight excluding hydrogens is 284 g/mol. The fraction of sp³-hybridized carbons (Fsp3) is 0.0588. The Bertz CT molecular complexity index is 800. The predicted octanol–water partition coefficient (Wildman–Crippen LogP) is 3.73. The van der Waals surface area contributed by atoms with E-state index in [1.165, 1.54) is 0 Å². The largest absolute Gasteiger partial charge is 0.606 e. The van der Waals surface area contributed by atoms with Crippen LogP contribution < -0.4 is 0 Å². The van der Waals surface area contributed by atoms with Crippen molar-refractivity contribution < 1.29 is 14.8 Å². The minimum absolute atomic E-state index is 0.0302. The van der Waals surface area contributed by atoms with Crippen molar-refractivity contribution >= 4 is 21.9 Å². The summed E-state index contributed by atoms with van der Waals surface area (Å²) in [4.78, 5) is 1.36. The quantitative estimate of drug-likeness (QED) is 0.709. The molecule has 0 radical (unpaired) electrons. The van der Waals surface area contributed by atoms with Crippen molar-refractivity contribution in [2.45, 2.75) is 16.7 Å². The smallest absolute Gasteiger partial charge is 0.159 e. The van der Waals surface area contributed by atoms with Crippen molar-refractivity contribution in [3.8, 4) is 11.5 Å². The first kappa shape index (κ1) is 13.8. The fourth-order valence-corrected chi connectivity index (χ4v) is 3.35. The van der Waals surface area contributed by atoms with E-state index in [-0.39, 0.29) is 11.5 Å². The maximum absolute atomic E-state index is 12.5. The molecule has 21 heavy (non-hydrogen) atoms. The first-order valence-electron chi connectivity index (χ1n) is 6.50. The molecule has 3 aromatic carbocycles. The maximum atomic E-state index is 12.5. The van der Waals surface area contributed by atoms with Gasteiger partial charge in [-0.25, -0.2) is 0 Å². The Morgan fingerprint density at radius 3 is 2.33 bits per heavy atom. The van der Waals surface area contributed by atoms with Crippen molar-refractivity contribution in [1.82, 2.24) is 0 Å². The molecule has 3 aromatic rings. The summed E-state index contributed by atoms with van der Waals surface area (Å²) in [5, 5.41) is 21.2. The number of benzene rings is 3. The summed E-state index contributed by atoms with van der Waals surface area (Å²) in [5.41, 5.74) is 0.444. The maximum Gasteiger partial charge on any atom is 0.159 e. The Kier molecular flexibility index (Phi) is 3.49. The van der Waals surface area contributed by atoms with E-state index in [4.69, 9.17) is 0 Å². The van der Waals surface area contributed by atoms with Crippen LogP contribution in [0.1, 0.15) is 5.56 Å². The number of hydrogen-bond donors (Lipinski definition) is 2. The summed E-state index contributed by atoms with van der Waals surface area (Å²) >= 11 is -1.28. The topological polar surface area (TPSA) is 63.5 Å². The highest BCUT2D eigenvalue weighted by Crippen LogP contribution is 2.36. The third-order valence-electron chi connectivity index (χ3n) is 3.48. The standard InChI is InChI=1S/C17H14O3S/c1-11-16(18)10-12-9-14(7-8-15(12)17(11)19)21(20)13-5-3-2-4-6-13/h2-10,18-19H,1H3. The van der Waals surface area contributed by atoms with Gasteiger partial charge in [-0.3, -0.25) is 0 Å². The van der Waals surface area contributed by atoms with Crippen LogP contribution in [0.3, 0.4) is 0 Å². The van der Waals surface area contributed by atoms with Crippen LogP contribution in [0.2, 0.25) is 0 Å². The van der Waals surface area contributed by atoms with Crippen LogP contribution >= 0.6 is 0 Å². The third kappa shape index (κ3) is 2.44. The molecule has 3 rings (SSSR count). The first-order chi connectivity index (χ1) is 10.1. The second kappa shape index (κ2) is 5.31. The first-order valence-corrected chi connectivity index (χ1v) is 7.65. The molecule has 0 fully saturated rings. The van der Waals surface area contributed by atoms with E-state index in [2.05, 4.69) is 0 Å². The Labute approximate surface area is 125 Å². The molecule has 4 heteroatoms.